The van der Waals surface area contributed by atoms with Crippen LogP contribution in [0.15, 0.2) is 48.5 Å². The number of para-hydroxylation sites is 1. The van der Waals surface area contributed by atoms with Gasteiger partial charge in [-0.1, -0.05) is 30.3 Å². The van der Waals surface area contributed by atoms with Gasteiger partial charge in [0.2, 0.25) is 5.91 Å². The number of ether oxygens (including phenoxy) is 2. The predicted molar refractivity (Wildman–Crippen MR) is 166 cm³/mol. The molecule has 0 saturated heterocycles. The lowest BCUT2D eigenvalue weighted by atomic mass is 9.52. The fourth-order valence-corrected chi connectivity index (χ4v) is 4.98. The molecular formula is C26H32B5ClN2O5. The molecule has 4 rings (SSSR count). The second-order valence-electron chi connectivity index (χ2n) is 12.5. The fourth-order valence-electron chi connectivity index (χ4n) is 4.88. The minimum Gasteiger partial charge on any atom is -0.485 e. The van der Waals surface area contributed by atoms with Crippen molar-refractivity contribution in [3.8, 4) is 0 Å². The van der Waals surface area contributed by atoms with Crippen LogP contribution in [0, 0.1) is 0 Å². The summed E-state index contributed by atoms with van der Waals surface area (Å²) in [5, 5.41) is 0.238. The van der Waals surface area contributed by atoms with Crippen LogP contribution in [0.4, 0.5) is 0 Å². The van der Waals surface area contributed by atoms with Gasteiger partial charge in [-0.15, -0.1) is 11.6 Å². The molecule has 2 heterocycles. The van der Waals surface area contributed by atoms with E-state index in [0.717, 1.165) is 27.7 Å². The van der Waals surface area contributed by atoms with Crippen LogP contribution in [0.5, 0.6) is 0 Å². The van der Waals surface area contributed by atoms with Gasteiger partial charge in [0.15, 0.2) is 0 Å². The van der Waals surface area contributed by atoms with Gasteiger partial charge in [0.1, 0.15) is 50.9 Å². The van der Waals surface area contributed by atoms with Crippen molar-refractivity contribution in [1.29, 1.82) is 0 Å². The number of H-pyrrole nitrogens is 1. The van der Waals surface area contributed by atoms with Crippen molar-refractivity contribution in [2.45, 2.75) is 54.8 Å². The summed E-state index contributed by atoms with van der Waals surface area (Å²) in [7, 11) is 8.64. The predicted octanol–water partition coefficient (Wildman–Crippen LogP) is -0.822. The smallest absolute Gasteiger partial charge is 0.338 e. The van der Waals surface area contributed by atoms with E-state index in [2.05, 4.69) is 4.98 Å². The zero-order chi connectivity index (χ0) is 28.9. The Balaban J connectivity index is 1.89. The molecule has 0 fully saturated rings. The van der Waals surface area contributed by atoms with E-state index < -0.39 is 45.5 Å². The zero-order valence-electron chi connectivity index (χ0n) is 23.8. The van der Waals surface area contributed by atoms with Gasteiger partial charge in [-0.25, -0.2) is 9.59 Å². The van der Waals surface area contributed by atoms with Crippen LogP contribution in [0.1, 0.15) is 54.0 Å². The third-order valence-corrected chi connectivity index (χ3v) is 6.58. The number of nitrogens with zero attached hydrogens (tertiary/aromatic N) is 1. The average Bonchev–Trinajstić information content (AvgIpc) is 3.18. The topological polar surface area (TPSA) is 88.7 Å². The summed E-state index contributed by atoms with van der Waals surface area (Å²) in [6.45, 7) is 5.44. The van der Waals surface area contributed by atoms with E-state index in [1.807, 2.05) is 45.0 Å². The van der Waals surface area contributed by atoms with Crippen LogP contribution in [0.3, 0.4) is 0 Å². The summed E-state index contributed by atoms with van der Waals surface area (Å²) in [4.78, 5) is 45.3. The first-order valence-electron chi connectivity index (χ1n) is 13.1. The van der Waals surface area contributed by atoms with Gasteiger partial charge in [-0.2, -0.15) is 0 Å². The highest BCUT2D eigenvalue weighted by Gasteiger charge is 2.47. The van der Waals surface area contributed by atoms with Gasteiger partial charge in [-0.3, -0.25) is 4.79 Å². The molecule has 0 unspecified atom stereocenters. The summed E-state index contributed by atoms with van der Waals surface area (Å²) in [5.74, 6) is -1.33. The summed E-state index contributed by atoms with van der Waals surface area (Å²) in [6, 6.07) is 13.2. The standard InChI is InChI=1S/C26H32B5ClN2O5/c1-24(2,3)38-21(35)14-10-8-13(9-11-14)20-19-16(15-6-4-5-7-17(15)33-19)12-18(22(36)39-26(29,30)31)34(20)23(37)25(27,28)32/h4-11,18,20,33H,12,27-31H2,1-3H3/t18-,20+/m1/s1. The zero-order valence-corrected chi connectivity index (χ0v) is 24.6. The molecule has 2 atom stereocenters. The lowest BCUT2D eigenvalue weighted by molar-refractivity contribution is -0.157. The van der Waals surface area contributed by atoms with Crippen LogP contribution in [0.25, 0.3) is 10.9 Å². The number of aromatic amines is 1. The first kappa shape index (κ1) is 29.0. The molecule has 7 nitrogen and oxygen atoms in total. The highest BCUT2D eigenvalue weighted by atomic mass is 35.5. The quantitative estimate of drug-likeness (QED) is 0.259. The lowest BCUT2D eigenvalue weighted by Gasteiger charge is -2.44. The van der Waals surface area contributed by atoms with E-state index in [-0.39, 0.29) is 6.42 Å². The van der Waals surface area contributed by atoms with Crippen LogP contribution in [-0.4, -0.2) is 88.6 Å². The number of rotatable bonds is 5. The minimum atomic E-state index is -1.28. The van der Waals surface area contributed by atoms with Gasteiger partial charge in [-0.05, 0) is 50.1 Å². The Morgan fingerprint density at radius 2 is 1.56 bits per heavy atom. The van der Waals surface area contributed by atoms with Crippen molar-refractivity contribution in [2.24, 2.45) is 0 Å². The van der Waals surface area contributed by atoms with E-state index >= 15 is 0 Å². The van der Waals surface area contributed by atoms with E-state index in [1.54, 1.807) is 68.4 Å². The molecule has 1 amide bonds. The Labute approximate surface area is 238 Å². The molecule has 1 aliphatic rings. The molecule has 0 radical (unpaired) electrons. The Kier molecular flexibility index (Phi) is 7.58. The fraction of sp³-hybridized carbons (Fsp3) is 0.346. The summed E-state index contributed by atoms with van der Waals surface area (Å²) in [5.41, 5.74) is 3.13. The van der Waals surface area contributed by atoms with Crippen LogP contribution >= 0.6 is 11.6 Å². The van der Waals surface area contributed by atoms with Gasteiger partial charge in [0.25, 0.3) is 0 Å². The highest BCUT2D eigenvalue weighted by Crippen LogP contribution is 2.42. The van der Waals surface area contributed by atoms with Gasteiger partial charge in [0.05, 0.1) is 16.3 Å². The number of fused-ring (bicyclic) bond motifs is 3. The molecule has 0 bridgehead atoms. The van der Waals surface area contributed by atoms with Crippen molar-refractivity contribution in [3.63, 3.8) is 0 Å². The monoisotopic (exact) mass is 542 g/mol. The number of alkyl halides is 1. The number of carbonyl (C=O) groups excluding carboxylic acids is 3. The number of amides is 1. The van der Waals surface area contributed by atoms with Gasteiger partial charge in [0, 0.05) is 28.3 Å². The Morgan fingerprint density at radius 1 is 0.949 bits per heavy atom. The molecule has 1 aliphatic heterocycles. The van der Waals surface area contributed by atoms with Crippen molar-refractivity contribution in [3.05, 3.63) is 70.9 Å². The molecule has 1 aromatic heterocycles. The second kappa shape index (κ2) is 10.2. The Hall–Kier alpha value is -3.00. The molecule has 1 N–H and O–H groups in total. The van der Waals surface area contributed by atoms with Crippen molar-refractivity contribution >= 4 is 79.6 Å². The molecule has 0 spiro atoms. The number of carbonyl (C=O) groups is 3. The van der Waals surface area contributed by atoms with E-state index in [0.29, 0.717) is 5.56 Å². The molecule has 39 heavy (non-hydrogen) atoms. The summed E-state index contributed by atoms with van der Waals surface area (Å²) < 4.78 is 10.0. The first-order chi connectivity index (χ1) is 18.0. The van der Waals surface area contributed by atoms with Crippen LogP contribution < -0.4 is 0 Å². The van der Waals surface area contributed by atoms with Gasteiger partial charge >= 0.3 is 11.9 Å². The van der Waals surface area contributed by atoms with Crippen LogP contribution in [-0.2, 0) is 25.5 Å². The van der Waals surface area contributed by atoms with Crippen molar-refractivity contribution in [1.82, 2.24) is 9.88 Å². The molecule has 198 valence electrons. The highest BCUT2D eigenvalue weighted by molar-refractivity contribution is 6.71. The first-order valence-corrected chi connectivity index (χ1v) is 13.5. The summed E-state index contributed by atoms with van der Waals surface area (Å²) in [6.07, 6.45) is 0.277. The summed E-state index contributed by atoms with van der Waals surface area (Å²) >= 11 is 6.59. The number of halogens is 1. The molecule has 3 aromatic rings. The molecule has 0 saturated carbocycles. The molecule has 2 aromatic carbocycles. The minimum absolute atomic E-state index is 0.277. The number of hydrogen-bond acceptors (Lipinski definition) is 5. The van der Waals surface area contributed by atoms with Gasteiger partial charge < -0.3 is 19.4 Å². The number of benzene rings is 2. The number of nitrogens with one attached hydrogen (secondary N) is 1. The number of esters is 2. The van der Waals surface area contributed by atoms with E-state index in [9.17, 15) is 14.4 Å². The average molecular weight is 542 g/mol. The Bertz CT molecular complexity index is 1420. The SMILES string of the molecule is BC(B)(B)OC(=O)[C@H]1Cc2c([nH]c3ccccc23)[C@H](c2ccc(C(=O)OC(C)(C)C)cc2)N1C(=O)C(B)(B)Cl. The maximum Gasteiger partial charge on any atom is 0.338 e. The third-order valence-electron chi connectivity index (χ3n) is 6.41. The lowest BCUT2D eigenvalue weighted by Crippen LogP contribution is -2.58. The van der Waals surface area contributed by atoms with E-state index in [4.69, 9.17) is 21.1 Å². The maximum atomic E-state index is 13.9. The van der Waals surface area contributed by atoms with Crippen LogP contribution in [0.2, 0.25) is 0 Å². The Morgan fingerprint density at radius 3 is 2.13 bits per heavy atom. The third kappa shape index (κ3) is 6.27. The molecular weight excluding hydrogens is 510 g/mol. The normalized spacial score (nSPS) is 17.9. The second-order valence-corrected chi connectivity index (χ2v) is 13.5. The number of hydrogen-bond donors (Lipinski definition) is 1. The maximum absolute atomic E-state index is 13.9. The largest absolute Gasteiger partial charge is 0.485 e. The number of aromatic nitrogens is 1. The van der Waals surface area contributed by atoms with Crippen molar-refractivity contribution in [2.75, 3.05) is 0 Å². The molecule has 13 heteroatoms. The van der Waals surface area contributed by atoms with Crippen molar-refractivity contribution < 1.29 is 23.9 Å². The van der Waals surface area contributed by atoms with E-state index in [1.165, 1.54) is 0 Å². The molecule has 0 aliphatic carbocycles.